The average molecular weight is 239 g/mol. The molecule has 1 amide bonds. The molecule has 1 aromatic carbocycles. The second kappa shape index (κ2) is 7.51. The number of amides is 1. The molecule has 0 heterocycles. The average Bonchev–Trinajstić information content (AvgIpc) is 2.38. The van der Waals surface area contributed by atoms with Crippen LogP contribution in [0.3, 0.4) is 0 Å². The zero-order valence-electron chi connectivity index (χ0n) is 9.81. The van der Waals surface area contributed by atoms with Gasteiger partial charge >= 0.3 is 0 Å². The highest BCUT2D eigenvalue weighted by Gasteiger charge is 1.99. The summed E-state index contributed by atoms with van der Waals surface area (Å²) in [5.74, 6) is 1.20. The van der Waals surface area contributed by atoms with Crippen LogP contribution in [0.4, 0.5) is 0 Å². The lowest BCUT2D eigenvalue weighted by atomic mass is 10.2. The molecule has 5 heteroatoms. The van der Waals surface area contributed by atoms with E-state index in [2.05, 4.69) is 0 Å². The summed E-state index contributed by atoms with van der Waals surface area (Å²) in [7, 11) is 1.61. The monoisotopic (exact) mass is 239 g/mol. The number of hydrogen-bond donors (Lipinski definition) is 2. The summed E-state index contributed by atoms with van der Waals surface area (Å²) in [5, 5.41) is 8.28. The largest absolute Gasteiger partial charge is 0.497 e. The van der Waals surface area contributed by atoms with Crippen LogP contribution >= 0.6 is 0 Å². The highest BCUT2D eigenvalue weighted by atomic mass is 16.5. The third kappa shape index (κ3) is 5.21. The lowest BCUT2D eigenvalue weighted by Gasteiger charge is -2.06. The van der Waals surface area contributed by atoms with Gasteiger partial charge in [0.2, 0.25) is 5.91 Å². The molecule has 0 aliphatic rings. The van der Waals surface area contributed by atoms with Crippen molar-refractivity contribution < 1.29 is 19.5 Å². The molecule has 0 saturated heterocycles. The summed E-state index contributed by atoms with van der Waals surface area (Å²) in [6.45, 7) is 0.547. The first kappa shape index (κ1) is 13.3. The van der Waals surface area contributed by atoms with Crippen molar-refractivity contribution in [3.63, 3.8) is 0 Å². The maximum atomic E-state index is 10.7. The molecule has 0 bridgehead atoms. The van der Waals surface area contributed by atoms with E-state index in [4.69, 9.17) is 14.7 Å². The van der Waals surface area contributed by atoms with Crippen molar-refractivity contribution in [1.29, 1.82) is 0 Å². The van der Waals surface area contributed by atoms with Crippen LogP contribution in [0.25, 0.3) is 0 Å². The summed E-state index contributed by atoms with van der Waals surface area (Å²) < 4.78 is 10.5. The standard InChI is InChI=1S/C12H17NO4/c1-16-10-5-7-11(8-6-10)17-9-3-2-4-12(14)13-15/h5-8,15H,2-4,9H2,1H3,(H,13,14). The molecule has 0 unspecified atom stereocenters. The number of unbranched alkanes of at least 4 members (excludes halogenated alkanes) is 1. The third-order valence-electron chi connectivity index (χ3n) is 2.25. The first-order chi connectivity index (χ1) is 8.26. The zero-order valence-corrected chi connectivity index (χ0v) is 9.81. The smallest absolute Gasteiger partial charge is 0.243 e. The van der Waals surface area contributed by atoms with Gasteiger partial charge < -0.3 is 9.47 Å². The van der Waals surface area contributed by atoms with E-state index in [-0.39, 0.29) is 5.91 Å². The van der Waals surface area contributed by atoms with Crippen LogP contribution in [0.5, 0.6) is 11.5 Å². The fraction of sp³-hybridized carbons (Fsp3) is 0.417. The molecule has 0 atom stereocenters. The number of carbonyl (C=O) groups excluding carboxylic acids is 1. The van der Waals surface area contributed by atoms with Gasteiger partial charge in [-0.1, -0.05) is 0 Å². The highest BCUT2D eigenvalue weighted by Crippen LogP contribution is 2.17. The predicted molar refractivity (Wildman–Crippen MR) is 62.3 cm³/mol. The second-order valence-electron chi connectivity index (χ2n) is 3.52. The molecule has 0 aliphatic heterocycles. The van der Waals surface area contributed by atoms with Crippen LogP contribution in [0.15, 0.2) is 24.3 Å². The number of benzene rings is 1. The lowest BCUT2D eigenvalue weighted by molar-refractivity contribution is -0.129. The molecule has 2 N–H and O–H groups in total. The molecule has 0 fully saturated rings. The normalized spacial score (nSPS) is 9.76. The molecule has 1 aromatic rings. The van der Waals surface area contributed by atoms with Crippen molar-refractivity contribution in [1.82, 2.24) is 5.48 Å². The van der Waals surface area contributed by atoms with Gasteiger partial charge in [0.1, 0.15) is 11.5 Å². The van der Waals surface area contributed by atoms with E-state index in [0.717, 1.165) is 17.9 Å². The Kier molecular flexibility index (Phi) is 5.88. The predicted octanol–water partition coefficient (Wildman–Crippen LogP) is 1.75. The molecule has 0 aliphatic carbocycles. The van der Waals surface area contributed by atoms with Crippen LogP contribution in [0, 0.1) is 0 Å². The fourth-order valence-corrected chi connectivity index (χ4v) is 1.31. The summed E-state index contributed by atoms with van der Waals surface area (Å²) in [6.07, 6.45) is 1.75. The van der Waals surface area contributed by atoms with E-state index in [1.165, 1.54) is 0 Å². The molecule has 0 saturated carbocycles. The van der Waals surface area contributed by atoms with Crippen LogP contribution in [-0.2, 0) is 4.79 Å². The first-order valence-corrected chi connectivity index (χ1v) is 5.46. The van der Waals surface area contributed by atoms with Gasteiger partial charge in [-0.3, -0.25) is 10.0 Å². The molecular weight excluding hydrogens is 222 g/mol. The van der Waals surface area contributed by atoms with Crippen molar-refractivity contribution in [3.8, 4) is 11.5 Å². The van der Waals surface area contributed by atoms with E-state index >= 15 is 0 Å². The van der Waals surface area contributed by atoms with Crippen molar-refractivity contribution >= 4 is 5.91 Å². The summed E-state index contributed by atoms with van der Waals surface area (Å²) in [6, 6.07) is 7.32. The van der Waals surface area contributed by atoms with E-state index < -0.39 is 0 Å². The quantitative estimate of drug-likeness (QED) is 0.432. The Morgan fingerprint density at radius 2 is 1.88 bits per heavy atom. The first-order valence-electron chi connectivity index (χ1n) is 5.46. The molecule has 5 nitrogen and oxygen atoms in total. The Labute approximate surface area is 100 Å². The second-order valence-corrected chi connectivity index (χ2v) is 3.52. The third-order valence-corrected chi connectivity index (χ3v) is 2.25. The van der Waals surface area contributed by atoms with Crippen molar-refractivity contribution in [3.05, 3.63) is 24.3 Å². The number of hydrogen-bond acceptors (Lipinski definition) is 4. The Morgan fingerprint density at radius 1 is 1.24 bits per heavy atom. The Hall–Kier alpha value is -1.75. The molecule has 94 valence electrons. The van der Waals surface area contributed by atoms with Crippen molar-refractivity contribution in [2.24, 2.45) is 0 Å². The van der Waals surface area contributed by atoms with Crippen molar-refractivity contribution in [2.45, 2.75) is 19.3 Å². The number of hydroxylamine groups is 1. The minimum Gasteiger partial charge on any atom is -0.497 e. The Bertz CT molecular complexity index is 337. The van der Waals surface area contributed by atoms with Gasteiger partial charge in [-0.05, 0) is 37.1 Å². The van der Waals surface area contributed by atoms with Gasteiger partial charge in [-0.2, -0.15) is 0 Å². The lowest BCUT2D eigenvalue weighted by Crippen LogP contribution is -2.18. The SMILES string of the molecule is COc1ccc(OCCCCC(=O)NO)cc1. The van der Waals surface area contributed by atoms with Gasteiger partial charge in [0.25, 0.3) is 0 Å². The van der Waals surface area contributed by atoms with E-state index in [9.17, 15) is 4.79 Å². The molecule has 0 radical (unpaired) electrons. The minimum atomic E-state index is -0.366. The zero-order chi connectivity index (χ0) is 12.5. The number of nitrogens with one attached hydrogen (secondary N) is 1. The maximum absolute atomic E-state index is 10.7. The van der Waals surface area contributed by atoms with Gasteiger partial charge in [-0.25, -0.2) is 5.48 Å². The van der Waals surface area contributed by atoms with Gasteiger partial charge in [0.15, 0.2) is 0 Å². The van der Waals surface area contributed by atoms with E-state index in [0.29, 0.717) is 19.4 Å². The summed E-state index contributed by atoms with van der Waals surface area (Å²) >= 11 is 0. The molecular formula is C12H17NO4. The Balaban J connectivity index is 2.15. The van der Waals surface area contributed by atoms with Gasteiger partial charge in [0, 0.05) is 6.42 Å². The fourth-order valence-electron chi connectivity index (χ4n) is 1.31. The topological polar surface area (TPSA) is 67.8 Å². The number of rotatable bonds is 7. The minimum absolute atomic E-state index is 0.308. The summed E-state index contributed by atoms with van der Waals surface area (Å²) in [5.41, 5.74) is 1.59. The molecule has 0 spiro atoms. The van der Waals surface area contributed by atoms with Crippen LogP contribution in [0.2, 0.25) is 0 Å². The summed E-state index contributed by atoms with van der Waals surface area (Å²) in [4.78, 5) is 10.7. The van der Waals surface area contributed by atoms with E-state index in [1.807, 2.05) is 24.3 Å². The molecule has 1 rings (SSSR count). The van der Waals surface area contributed by atoms with Gasteiger partial charge in [-0.15, -0.1) is 0 Å². The highest BCUT2D eigenvalue weighted by molar-refractivity contribution is 5.74. The molecule has 0 aromatic heterocycles. The molecule has 17 heavy (non-hydrogen) atoms. The van der Waals surface area contributed by atoms with E-state index in [1.54, 1.807) is 12.6 Å². The van der Waals surface area contributed by atoms with Crippen LogP contribution < -0.4 is 15.0 Å². The van der Waals surface area contributed by atoms with Crippen molar-refractivity contribution in [2.75, 3.05) is 13.7 Å². The van der Waals surface area contributed by atoms with Gasteiger partial charge in [0.05, 0.1) is 13.7 Å². The van der Waals surface area contributed by atoms with Crippen LogP contribution in [-0.4, -0.2) is 24.8 Å². The maximum Gasteiger partial charge on any atom is 0.243 e. The number of carbonyl (C=O) groups is 1. The van der Waals surface area contributed by atoms with Crippen LogP contribution in [0.1, 0.15) is 19.3 Å². The Morgan fingerprint density at radius 3 is 2.47 bits per heavy atom. The number of ether oxygens (including phenoxy) is 2. The number of methoxy groups -OCH3 is 1.